The highest BCUT2D eigenvalue weighted by Crippen LogP contribution is 2.35. The first-order valence-corrected chi connectivity index (χ1v) is 10.8. The number of ether oxygens (including phenoxy) is 1. The molecular weight excluding hydrogens is 402 g/mol. The number of aryl methyl sites for hydroxylation is 1. The van der Waals surface area contributed by atoms with Crippen molar-refractivity contribution in [3.8, 4) is 11.3 Å². The Balaban J connectivity index is 0.000000383. The zero-order valence-electron chi connectivity index (χ0n) is 18.0. The molecule has 0 atom stereocenters. The largest absolute Gasteiger partial charge is 0.381 e. The molecule has 7 heteroatoms. The summed E-state index contributed by atoms with van der Waals surface area (Å²) in [5, 5.41) is 6.20. The Bertz CT molecular complexity index is 1250. The third-order valence-electron chi connectivity index (χ3n) is 5.67. The Kier molecular flexibility index (Phi) is 5.56. The summed E-state index contributed by atoms with van der Waals surface area (Å²) in [6.07, 6.45) is 8.15. The van der Waals surface area contributed by atoms with E-state index >= 15 is 0 Å². The fraction of sp³-hybridized carbons (Fsp3) is 0.240. The number of nitrogens with zero attached hydrogens (tertiary/aromatic N) is 3. The monoisotopic (exact) mass is 427 g/mol. The van der Waals surface area contributed by atoms with Gasteiger partial charge in [-0.15, -0.1) is 0 Å². The number of benzene rings is 1. The number of hydrogen-bond donors (Lipinski definition) is 2. The van der Waals surface area contributed by atoms with Crippen molar-refractivity contribution in [2.45, 2.75) is 26.3 Å². The van der Waals surface area contributed by atoms with Crippen molar-refractivity contribution in [2.24, 2.45) is 0 Å². The number of carbonyl (C=O) groups excluding carboxylic acids is 1. The highest BCUT2D eigenvalue weighted by Gasteiger charge is 2.27. The molecule has 32 heavy (non-hydrogen) atoms. The zero-order chi connectivity index (χ0) is 21.9. The molecule has 162 valence electrons. The molecule has 0 radical (unpaired) electrons. The molecular formula is C25H25N5O2. The quantitative estimate of drug-likeness (QED) is 0.504. The van der Waals surface area contributed by atoms with Gasteiger partial charge in [-0.05, 0) is 61.2 Å². The van der Waals surface area contributed by atoms with Crippen LogP contribution in [0.15, 0.2) is 61.1 Å². The van der Waals surface area contributed by atoms with Crippen molar-refractivity contribution in [3.63, 3.8) is 0 Å². The van der Waals surface area contributed by atoms with Gasteiger partial charge in [0, 0.05) is 37.7 Å². The molecule has 0 aliphatic carbocycles. The van der Waals surface area contributed by atoms with Gasteiger partial charge in [0.2, 0.25) is 0 Å². The van der Waals surface area contributed by atoms with E-state index in [4.69, 9.17) is 4.74 Å². The molecule has 1 amide bonds. The maximum Gasteiger partial charge on any atom is 0.254 e. The number of amides is 1. The van der Waals surface area contributed by atoms with E-state index in [2.05, 4.69) is 31.1 Å². The molecule has 0 spiro atoms. The number of rotatable bonds is 3. The lowest BCUT2D eigenvalue weighted by atomic mass is 9.99. The average molecular weight is 428 g/mol. The maximum atomic E-state index is 12.5. The van der Waals surface area contributed by atoms with E-state index in [0.29, 0.717) is 17.9 Å². The van der Waals surface area contributed by atoms with Crippen molar-refractivity contribution >= 4 is 23.1 Å². The molecule has 0 unspecified atom stereocenters. The Morgan fingerprint density at radius 1 is 1.09 bits per heavy atom. The minimum atomic E-state index is -0.0741. The van der Waals surface area contributed by atoms with Crippen LogP contribution in [-0.4, -0.2) is 33.5 Å². The molecule has 7 nitrogen and oxygen atoms in total. The molecule has 2 aliphatic rings. The standard InChI is InChI=1S/C21H17N5O.C4H8O/c1-13-7-9-26-17(12-23-19(26)10-13)14-5-6-16(20-15(14)11-24-21(20)27)25-18-4-2-3-8-22-18;1-2-4-5-3-1/h2-10,12H,11H2,1H3,(H,22,25)(H,24,27);1-4H2. The lowest BCUT2D eigenvalue weighted by Crippen LogP contribution is -2.13. The summed E-state index contributed by atoms with van der Waals surface area (Å²) in [5.41, 5.74) is 6.44. The van der Waals surface area contributed by atoms with Crippen LogP contribution in [0.1, 0.15) is 34.3 Å². The first-order chi connectivity index (χ1) is 15.7. The predicted molar refractivity (Wildman–Crippen MR) is 124 cm³/mol. The smallest absolute Gasteiger partial charge is 0.254 e. The van der Waals surface area contributed by atoms with E-state index in [9.17, 15) is 4.79 Å². The van der Waals surface area contributed by atoms with E-state index in [0.717, 1.165) is 46.9 Å². The topological polar surface area (TPSA) is 80.5 Å². The van der Waals surface area contributed by atoms with Crippen LogP contribution in [0.3, 0.4) is 0 Å². The van der Waals surface area contributed by atoms with Crippen LogP contribution in [0, 0.1) is 6.92 Å². The molecule has 6 rings (SSSR count). The number of pyridine rings is 2. The normalized spacial score (nSPS) is 14.6. The second kappa shape index (κ2) is 8.80. The Hall–Kier alpha value is -3.71. The van der Waals surface area contributed by atoms with Gasteiger partial charge in [0.15, 0.2) is 0 Å². The Morgan fingerprint density at radius 2 is 1.97 bits per heavy atom. The van der Waals surface area contributed by atoms with Gasteiger partial charge in [0.25, 0.3) is 5.91 Å². The van der Waals surface area contributed by atoms with E-state index in [1.165, 1.54) is 12.8 Å². The van der Waals surface area contributed by atoms with E-state index in [1.54, 1.807) is 6.20 Å². The molecule has 1 aromatic carbocycles. The first kappa shape index (κ1) is 20.2. The van der Waals surface area contributed by atoms with Crippen LogP contribution in [0.4, 0.5) is 11.5 Å². The molecule has 0 bridgehead atoms. The van der Waals surface area contributed by atoms with Crippen LogP contribution in [0.2, 0.25) is 0 Å². The number of aromatic nitrogens is 3. The van der Waals surface area contributed by atoms with Gasteiger partial charge in [-0.1, -0.05) is 12.1 Å². The molecule has 2 N–H and O–H groups in total. The first-order valence-electron chi connectivity index (χ1n) is 10.8. The zero-order valence-corrected chi connectivity index (χ0v) is 18.0. The van der Waals surface area contributed by atoms with Gasteiger partial charge in [0.05, 0.1) is 23.1 Å². The van der Waals surface area contributed by atoms with Crippen LogP contribution in [-0.2, 0) is 11.3 Å². The number of carbonyl (C=O) groups is 1. The van der Waals surface area contributed by atoms with Crippen LogP contribution < -0.4 is 10.6 Å². The summed E-state index contributed by atoms with van der Waals surface area (Å²) in [4.78, 5) is 21.3. The maximum absolute atomic E-state index is 12.5. The van der Waals surface area contributed by atoms with E-state index in [1.807, 2.05) is 55.7 Å². The fourth-order valence-electron chi connectivity index (χ4n) is 4.06. The second-order valence-corrected chi connectivity index (χ2v) is 7.93. The number of nitrogens with one attached hydrogen (secondary N) is 2. The molecule has 3 aromatic heterocycles. The number of imidazole rings is 1. The summed E-state index contributed by atoms with van der Waals surface area (Å²) in [5.74, 6) is 0.632. The second-order valence-electron chi connectivity index (χ2n) is 7.93. The lowest BCUT2D eigenvalue weighted by molar-refractivity contribution is 0.0966. The minimum absolute atomic E-state index is 0.0741. The van der Waals surface area contributed by atoms with Crippen LogP contribution in [0.25, 0.3) is 16.9 Å². The fourth-order valence-corrected chi connectivity index (χ4v) is 4.06. The molecule has 1 fully saturated rings. The molecule has 0 saturated carbocycles. The Labute approximate surface area is 186 Å². The minimum Gasteiger partial charge on any atom is -0.381 e. The van der Waals surface area contributed by atoms with Gasteiger partial charge in [0.1, 0.15) is 11.5 Å². The summed E-state index contributed by atoms with van der Waals surface area (Å²) in [6, 6.07) is 13.7. The van der Waals surface area contributed by atoms with Gasteiger partial charge < -0.3 is 15.4 Å². The third-order valence-corrected chi connectivity index (χ3v) is 5.67. The highest BCUT2D eigenvalue weighted by atomic mass is 16.5. The van der Waals surface area contributed by atoms with Gasteiger partial charge in [-0.25, -0.2) is 9.97 Å². The molecule has 1 saturated heterocycles. The predicted octanol–water partition coefficient (Wildman–Crippen LogP) is 4.49. The van der Waals surface area contributed by atoms with Gasteiger partial charge in [-0.3, -0.25) is 9.20 Å². The SMILES string of the molecule is C1CCOC1.Cc1ccn2c(-c3ccc(Nc4ccccn4)c4c3CNC4=O)cnc2c1. The van der Waals surface area contributed by atoms with Crippen molar-refractivity contribution < 1.29 is 9.53 Å². The summed E-state index contributed by atoms with van der Waals surface area (Å²) in [7, 11) is 0. The average Bonchev–Trinajstić information content (AvgIpc) is 3.57. The van der Waals surface area contributed by atoms with Crippen molar-refractivity contribution in [1.82, 2.24) is 19.7 Å². The highest BCUT2D eigenvalue weighted by molar-refractivity contribution is 6.06. The van der Waals surface area contributed by atoms with E-state index < -0.39 is 0 Å². The number of hydrogen-bond acceptors (Lipinski definition) is 5. The van der Waals surface area contributed by atoms with Gasteiger partial charge in [-0.2, -0.15) is 0 Å². The lowest BCUT2D eigenvalue weighted by Gasteiger charge is -2.13. The van der Waals surface area contributed by atoms with Crippen molar-refractivity contribution in [2.75, 3.05) is 18.5 Å². The molecule has 4 aromatic rings. The van der Waals surface area contributed by atoms with Gasteiger partial charge >= 0.3 is 0 Å². The summed E-state index contributed by atoms with van der Waals surface area (Å²) < 4.78 is 7.00. The summed E-state index contributed by atoms with van der Waals surface area (Å²) in [6.45, 7) is 4.55. The summed E-state index contributed by atoms with van der Waals surface area (Å²) >= 11 is 0. The molecule has 2 aliphatic heterocycles. The van der Waals surface area contributed by atoms with E-state index in [-0.39, 0.29) is 5.91 Å². The number of fused-ring (bicyclic) bond motifs is 2. The van der Waals surface area contributed by atoms with Crippen molar-refractivity contribution in [3.05, 3.63) is 77.7 Å². The Morgan fingerprint density at radius 3 is 2.72 bits per heavy atom. The third kappa shape index (κ3) is 3.94. The van der Waals surface area contributed by atoms with Crippen molar-refractivity contribution in [1.29, 1.82) is 0 Å². The van der Waals surface area contributed by atoms with Crippen LogP contribution in [0.5, 0.6) is 0 Å². The van der Waals surface area contributed by atoms with Crippen LogP contribution >= 0.6 is 0 Å². The number of anilines is 2. The molecule has 5 heterocycles.